The maximum atomic E-state index is 11.8. The lowest BCUT2D eigenvalue weighted by atomic mass is 10.1. The van der Waals surface area contributed by atoms with Crippen LogP contribution in [0.5, 0.6) is 0 Å². The molecule has 0 aromatic rings. The lowest BCUT2D eigenvalue weighted by molar-refractivity contribution is -0.147. The summed E-state index contributed by atoms with van der Waals surface area (Å²) < 4.78 is 4.85. The van der Waals surface area contributed by atoms with Gasteiger partial charge in [0, 0.05) is 12.2 Å². The molecular formula is C13H23N3O6S. The number of carboxylic acids is 1. The van der Waals surface area contributed by atoms with Crippen molar-refractivity contribution in [3.05, 3.63) is 0 Å². The topological polar surface area (TPSA) is 148 Å². The van der Waals surface area contributed by atoms with Crippen LogP contribution >= 0.6 is 12.6 Å². The van der Waals surface area contributed by atoms with Gasteiger partial charge >= 0.3 is 11.9 Å². The number of rotatable bonds is 10. The van der Waals surface area contributed by atoms with E-state index in [2.05, 4.69) is 23.3 Å². The van der Waals surface area contributed by atoms with Crippen molar-refractivity contribution in [2.75, 3.05) is 12.3 Å². The van der Waals surface area contributed by atoms with E-state index in [0.29, 0.717) is 0 Å². The number of esters is 1. The molecule has 0 fully saturated rings. The molecule has 0 aliphatic carbocycles. The summed E-state index contributed by atoms with van der Waals surface area (Å²) >= 11 is 3.96. The standard InChI is InChI=1S/C13H23N3O6S/c1-7(2)22-11(18)5-15-12(19)9(6-23)16-10(17)4-3-8(14)13(20)21/h7-9,23H,3-6,14H2,1-2H3,(H,15,19)(H,16,17)(H,20,21)/t8?,9-/m0/s1. The van der Waals surface area contributed by atoms with Crippen molar-refractivity contribution in [1.29, 1.82) is 0 Å². The van der Waals surface area contributed by atoms with E-state index < -0.39 is 35.8 Å². The summed E-state index contributed by atoms with van der Waals surface area (Å²) in [5.41, 5.74) is 5.28. The highest BCUT2D eigenvalue weighted by Gasteiger charge is 2.21. The Morgan fingerprint density at radius 1 is 1.26 bits per heavy atom. The third-order valence-corrected chi connectivity index (χ3v) is 2.97. The maximum Gasteiger partial charge on any atom is 0.325 e. The minimum atomic E-state index is -1.20. The number of nitrogens with one attached hydrogen (secondary N) is 2. The molecule has 0 aromatic heterocycles. The number of amides is 2. The molecule has 0 spiro atoms. The zero-order chi connectivity index (χ0) is 18.0. The van der Waals surface area contributed by atoms with E-state index in [9.17, 15) is 19.2 Å². The number of hydrogen-bond donors (Lipinski definition) is 5. The van der Waals surface area contributed by atoms with Gasteiger partial charge in [-0.3, -0.25) is 19.2 Å². The summed E-state index contributed by atoms with van der Waals surface area (Å²) in [6.07, 6.45) is -0.485. The molecule has 0 heterocycles. The molecule has 23 heavy (non-hydrogen) atoms. The van der Waals surface area contributed by atoms with E-state index in [4.69, 9.17) is 15.6 Å². The minimum absolute atomic E-state index is 0.0157. The molecular weight excluding hydrogens is 326 g/mol. The summed E-state index contributed by atoms with van der Waals surface area (Å²) in [7, 11) is 0. The first-order valence-electron chi connectivity index (χ1n) is 7.03. The molecule has 10 heteroatoms. The van der Waals surface area contributed by atoms with Crippen molar-refractivity contribution in [1.82, 2.24) is 10.6 Å². The maximum absolute atomic E-state index is 11.8. The second-order valence-corrected chi connectivity index (χ2v) is 5.41. The van der Waals surface area contributed by atoms with Gasteiger partial charge in [-0.1, -0.05) is 0 Å². The van der Waals surface area contributed by atoms with Crippen molar-refractivity contribution in [3.8, 4) is 0 Å². The second-order valence-electron chi connectivity index (χ2n) is 5.04. The van der Waals surface area contributed by atoms with Gasteiger partial charge in [-0.25, -0.2) is 0 Å². The fraction of sp³-hybridized carbons (Fsp3) is 0.692. The Balaban J connectivity index is 4.26. The molecule has 132 valence electrons. The predicted octanol–water partition coefficient (Wildman–Crippen LogP) is -1.34. The van der Waals surface area contributed by atoms with Gasteiger partial charge in [-0.05, 0) is 20.3 Å². The second kappa shape index (κ2) is 10.8. The highest BCUT2D eigenvalue weighted by molar-refractivity contribution is 7.80. The molecule has 2 atom stereocenters. The molecule has 0 aromatic carbocycles. The molecule has 0 saturated heterocycles. The zero-order valence-electron chi connectivity index (χ0n) is 13.1. The molecule has 9 nitrogen and oxygen atoms in total. The Kier molecular flexibility index (Phi) is 9.99. The van der Waals surface area contributed by atoms with Gasteiger partial charge in [0.15, 0.2) is 0 Å². The number of carboxylic acid groups (broad SMARTS) is 1. The van der Waals surface area contributed by atoms with E-state index >= 15 is 0 Å². The number of carbonyl (C=O) groups is 4. The number of aliphatic carboxylic acids is 1. The number of nitrogens with two attached hydrogens (primary N) is 1. The minimum Gasteiger partial charge on any atom is -0.480 e. The van der Waals surface area contributed by atoms with Crippen LogP contribution in [-0.2, 0) is 23.9 Å². The molecule has 0 aliphatic heterocycles. The number of ether oxygens (including phenoxy) is 1. The predicted molar refractivity (Wildman–Crippen MR) is 84.9 cm³/mol. The molecule has 0 rings (SSSR count). The van der Waals surface area contributed by atoms with E-state index in [1.54, 1.807) is 13.8 Å². The molecule has 2 amide bonds. The average molecular weight is 349 g/mol. The van der Waals surface area contributed by atoms with E-state index in [0.717, 1.165) is 0 Å². The van der Waals surface area contributed by atoms with Crippen molar-refractivity contribution >= 4 is 36.4 Å². The SMILES string of the molecule is CC(C)OC(=O)CNC(=O)[C@H](CS)NC(=O)CCC(N)C(=O)O. The van der Waals surface area contributed by atoms with Gasteiger partial charge in [0.1, 0.15) is 18.6 Å². The molecule has 0 saturated carbocycles. The first kappa shape index (κ1) is 21.2. The van der Waals surface area contributed by atoms with Gasteiger partial charge in [0.2, 0.25) is 11.8 Å². The lowest BCUT2D eigenvalue weighted by Crippen LogP contribution is -2.49. The Morgan fingerprint density at radius 3 is 2.35 bits per heavy atom. The monoisotopic (exact) mass is 349 g/mol. The molecule has 5 N–H and O–H groups in total. The van der Waals surface area contributed by atoms with Crippen molar-refractivity contribution in [3.63, 3.8) is 0 Å². The fourth-order valence-electron chi connectivity index (χ4n) is 1.46. The number of carbonyl (C=O) groups excluding carboxylic acids is 3. The van der Waals surface area contributed by atoms with Crippen LogP contribution in [0.4, 0.5) is 0 Å². The van der Waals surface area contributed by atoms with Crippen molar-refractivity contribution < 1.29 is 29.0 Å². The molecule has 0 radical (unpaired) electrons. The summed E-state index contributed by atoms with van der Waals surface area (Å²) in [6, 6.07) is -2.09. The first-order chi connectivity index (χ1) is 10.7. The quantitative estimate of drug-likeness (QED) is 0.242. The van der Waals surface area contributed by atoms with Crippen molar-refractivity contribution in [2.45, 2.75) is 44.9 Å². The lowest BCUT2D eigenvalue weighted by Gasteiger charge is -2.17. The van der Waals surface area contributed by atoms with Crippen LogP contribution in [0.25, 0.3) is 0 Å². The summed E-state index contributed by atoms with van der Waals surface area (Å²) in [5.74, 6) is -2.89. The van der Waals surface area contributed by atoms with Crippen LogP contribution < -0.4 is 16.4 Å². The number of hydrogen-bond acceptors (Lipinski definition) is 7. The normalized spacial score (nSPS) is 13.1. The van der Waals surface area contributed by atoms with Crippen molar-refractivity contribution in [2.24, 2.45) is 5.73 Å². The van der Waals surface area contributed by atoms with Crippen LogP contribution in [0.1, 0.15) is 26.7 Å². The highest BCUT2D eigenvalue weighted by Crippen LogP contribution is 1.97. The summed E-state index contributed by atoms with van der Waals surface area (Å²) in [4.78, 5) is 45.4. The van der Waals surface area contributed by atoms with Gasteiger partial charge in [0.05, 0.1) is 6.10 Å². The van der Waals surface area contributed by atoms with Gasteiger partial charge in [-0.15, -0.1) is 0 Å². The first-order valence-corrected chi connectivity index (χ1v) is 7.66. The van der Waals surface area contributed by atoms with Crippen LogP contribution in [0.2, 0.25) is 0 Å². The Bertz CT molecular complexity index is 443. The van der Waals surface area contributed by atoms with E-state index in [-0.39, 0.29) is 31.2 Å². The van der Waals surface area contributed by atoms with Gasteiger partial charge in [-0.2, -0.15) is 12.6 Å². The zero-order valence-corrected chi connectivity index (χ0v) is 14.0. The van der Waals surface area contributed by atoms with Crippen LogP contribution in [-0.4, -0.2) is 59.3 Å². The van der Waals surface area contributed by atoms with Gasteiger partial charge < -0.3 is 26.2 Å². The Hall–Kier alpha value is -1.81. The Morgan fingerprint density at radius 2 is 1.87 bits per heavy atom. The van der Waals surface area contributed by atoms with E-state index in [1.807, 2.05) is 0 Å². The van der Waals surface area contributed by atoms with E-state index in [1.165, 1.54) is 0 Å². The summed E-state index contributed by atoms with van der Waals surface area (Å²) in [5, 5.41) is 13.3. The largest absolute Gasteiger partial charge is 0.480 e. The van der Waals surface area contributed by atoms with Crippen LogP contribution in [0.3, 0.4) is 0 Å². The fourth-order valence-corrected chi connectivity index (χ4v) is 1.71. The highest BCUT2D eigenvalue weighted by atomic mass is 32.1. The third-order valence-electron chi connectivity index (χ3n) is 2.61. The van der Waals surface area contributed by atoms with Gasteiger partial charge in [0.25, 0.3) is 0 Å². The molecule has 0 bridgehead atoms. The van der Waals surface area contributed by atoms with Crippen LogP contribution in [0, 0.1) is 0 Å². The molecule has 1 unspecified atom stereocenters. The average Bonchev–Trinajstić information content (AvgIpc) is 2.46. The van der Waals surface area contributed by atoms with Crippen LogP contribution in [0.15, 0.2) is 0 Å². The third kappa shape index (κ3) is 9.74. The number of thiol groups is 1. The smallest absolute Gasteiger partial charge is 0.325 e. The summed E-state index contributed by atoms with van der Waals surface area (Å²) in [6.45, 7) is 3.04. The molecule has 0 aliphatic rings. The Labute approximate surface area is 139 Å².